The van der Waals surface area contributed by atoms with Crippen molar-refractivity contribution in [3.05, 3.63) is 64.5 Å². The molecule has 2 aromatic rings. The number of hydrogen-bond donors (Lipinski definition) is 1. The summed E-state index contributed by atoms with van der Waals surface area (Å²) in [5.41, 5.74) is 10.4. The predicted octanol–water partition coefficient (Wildman–Crippen LogP) is 3.69. The van der Waals surface area contributed by atoms with Gasteiger partial charge in [0.05, 0.1) is 7.11 Å². The number of halogens is 1. The van der Waals surface area contributed by atoms with Gasteiger partial charge < -0.3 is 10.5 Å². The SMILES string of the molecule is COc1c(C(N)Cc2cccc(F)c2)ccc(C)c1C. The Morgan fingerprint density at radius 1 is 1.20 bits per heavy atom. The average molecular weight is 273 g/mol. The number of nitrogens with two attached hydrogens (primary N) is 1. The maximum atomic E-state index is 13.2. The van der Waals surface area contributed by atoms with Crippen LogP contribution in [0.1, 0.15) is 28.3 Å². The van der Waals surface area contributed by atoms with E-state index in [1.807, 2.05) is 32.0 Å². The summed E-state index contributed by atoms with van der Waals surface area (Å²) in [7, 11) is 1.65. The zero-order valence-corrected chi connectivity index (χ0v) is 12.1. The van der Waals surface area contributed by atoms with Gasteiger partial charge in [-0.05, 0) is 49.1 Å². The molecule has 0 fully saturated rings. The Hall–Kier alpha value is -1.87. The molecule has 1 atom stereocenters. The van der Waals surface area contributed by atoms with Crippen LogP contribution < -0.4 is 10.5 Å². The fourth-order valence-electron chi connectivity index (χ4n) is 2.40. The van der Waals surface area contributed by atoms with Crippen LogP contribution in [-0.2, 0) is 6.42 Å². The minimum atomic E-state index is -0.234. The van der Waals surface area contributed by atoms with Gasteiger partial charge in [-0.25, -0.2) is 4.39 Å². The lowest BCUT2D eigenvalue weighted by Crippen LogP contribution is -2.15. The highest BCUT2D eigenvalue weighted by Gasteiger charge is 2.15. The van der Waals surface area contributed by atoms with Crippen LogP contribution in [0.15, 0.2) is 36.4 Å². The summed E-state index contributed by atoms with van der Waals surface area (Å²) in [4.78, 5) is 0. The minimum Gasteiger partial charge on any atom is -0.496 e. The second-order valence-corrected chi connectivity index (χ2v) is 5.07. The third kappa shape index (κ3) is 2.99. The summed E-state index contributed by atoms with van der Waals surface area (Å²) in [6.07, 6.45) is 0.580. The van der Waals surface area contributed by atoms with E-state index in [0.717, 1.165) is 22.4 Å². The number of ether oxygens (including phenoxy) is 1. The Bertz CT molecular complexity index is 610. The van der Waals surface area contributed by atoms with Gasteiger partial charge in [-0.3, -0.25) is 0 Å². The maximum Gasteiger partial charge on any atom is 0.126 e. The van der Waals surface area contributed by atoms with E-state index in [4.69, 9.17) is 10.5 Å². The third-order valence-corrected chi connectivity index (χ3v) is 3.66. The van der Waals surface area contributed by atoms with Crippen LogP contribution in [0.25, 0.3) is 0 Å². The van der Waals surface area contributed by atoms with Crippen molar-refractivity contribution in [3.63, 3.8) is 0 Å². The van der Waals surface area contributed by atoms with E-state index >= 15 is 0 Å². The van der Waals surface area contributed by atoms with Gasteiger partial charge in [0.2, 0.25) is 0 Å². The summed E-state index contributed by atoms with van der Waals surface area (Å²) < 4.78 is 18.7. The van der Waals surface area contributed by atoms with Gasteiger partial charge in [-0.2, -0.15) is 0 Å². The van der Waals surface area contributed by atoms with Gasteiger partial charge in [0.25, 0.3) is 0 Å². The number of methoxy groups -OCH3 is 1. The fraction of sp³-hybridized carbons (Fsp3) is 0.294. The van der Waals surface area contributed by atoms with Crippen LogP contribution in [0.5, 0.6) is 5.75 Å². The van der Waals surface area contributed by atoms with E-state index in [0.29, 0.717) is 6.42 Å². The Labute approximate surface area is 119 Å². The summed E-state index contributed by atoms with van der Waals surface area (Å²) in [5, 5.41) is 0. The molecule has 2 rings (SSSR count). The first-order valence-electron chi connectivity index (χ1n) is 6.67. The highest BCUT2D eigenvalue weighted by molar-refractivity contribution is 5.47. The number of hydrogen-bond acceptors (Lipinski definition) is 2. The molecule has 0 bridgehead atoms. The van der Waals surface area contributed by atoms with Crippen LogP contribution >= 0.6 is 0 Å². The molecule has 0 spiro atoms. The van der Waals surface area contributed by atoms with Gasteiger partial charge in [0.15, 0.2) is 0 Å². The molecule has 0 radical (unpaired) electrons. The van der Waals surface area contributed by atoms with Crippen molar-refractivity contribution in [2.45, 2.75) is 26.3 Å². The molecule has 1 unspecified atom stereocenters. The number of aryl methyl sites for hydroxylation is 1. The summed E-state index contributed by atoms with van der Waals surface area (Å²) >= 11 is 0. The highest BCUT2D eigenvalue weighted by atomic mass is 19.1. The van der Waals surface area contributed by atoms with Crippen LogP contribution in [0.2, 0.25) is 0 Å². The van der Waals surface area contributed by atoms with Crippen LogP contribution in [0, 0.1) is 19.7 Å². The van der Waals surface area contributed by atoms with E-state index in [-0.39, 0.29) is 11.9 Å². The molecule has 2 aromatic carbocycles. The van der Waals surface area contributed by atoms with Crippen molar-refractivity contribution in [1.29, 1.82) is 0 Å². The summed E-state index contributed by atoms with van der Waals surface area (Å²) in [6, 6.07) is 10.4. The van der Waals surface area contributed by atoms with E-state index < -0.39 is 0 Å². The molecule has 2 N–H and O–H groups in total. The van der Waals surface area contributed by atoms with Gasteiger partial charge in [-0.15, -0.1) is 0 Å². The zero-order valence-electron chi connectivity index (χ0n) is 12.1. The van der Waals surface area contributed by atoms with Crippen molar-refractivity contribution >= 4 is 0 Å². The Kier molecular flexibility index (Phi) is 4.40. The molecule has 20 heavy (non-hydrogen) atoms. The molecule has 3 heteroatoms. The van der Waals surface area contributed by atoms with Crippen molar-refractivity contribution in [2.75, 3.05) is 7.11 Å². The van der Waals surface area contributed by atoms with E-state index in [1.165, 1.54) is 17.7 Å². The topological polar surface area (TPSA) is 35.2 Å². The summed E-state index contributed by atoms with van der Waals surface area (Å²) in [5.74, 6) is 0.593. The van der Waals surface area contributed by atoms with Crippen molar-refractivity contribution in [2.24, 2.45) is 5.73 Å². The van der Waals surface area contributed by atoms with Crippen LogP contribution in [-0.4, -0.2) is 7.11 Å². The minimum absolute atomic E-state index is 0.217. The largest absolute Gasteiger partial charge is 0.496 e. The predicted molar refractivity (Wildman–Crippen MR) is 79.5 cm³/mol. The quantitative estimate of drug-likeness (QED) is 0.922. The van der Waals surface area contributed by atoms with Crippen molar-refractivity contribution < 1.29 is 9.13 Å². The third-order valence-electron chi connectivity index (χ3n) is 3.66. The zero-order chi connectivity index (χ0) is 14.7. The van der Waals surface area contributed by atoms with E-state index in [1.54, 1.807) is 13.2 Å². The number of rotatable bonds is 4. The molecule has 0 amide bonds. The molecular formula is C17H20FNO. The average Bonchev–Trinajstić information content (AvgIpc) is 2.41. The molecule has 0 heterocycles. The lowest BCUT2D eigenvalue weighted by atomic mass is 9.95. The highest BCUT2D eigenvalue weighted by Crippen LogP contribution is 2.31. The Morgan fingerprint density at radius 3 is 2.60 bits per heavy atom. The fourth-order valence-corrected chi connectivity index (χ4v) is 2.40. The summed E-state index contributed by atoms with van der Waals surface area (Å²) in [6.45, 7) is 4.06. The molecule has 0 aliphatic rings. The van der Waals surface area contributed by atoms with Gasteiger partial charge in [0, 0.05) is 11.6 Å². The monoisotopic (exact) mass is 273 g/mol. The Balaban J connectivity index is 2.29. The van der Waals surface area contributed by atoms with E-state index in [9.17, 15) is 4.39 Å². The smallest absolute Gasteiger partial charge is 0.126 e. The molecule has 0 aromatic heterocycles. The molecule has 106 valence electrons. The molecule has 0 aliphatic carbocycles. The Morgan fingerprint density at radius 2 is 1.95 bits per heavy atom. The molecule has 0 saturated carbocycles. The van der Waals surface area contributed by atoms with Gasteiger partial charge in [-0.1, -0.05) is 24.3 Å². The van der Waals surface area contributed by atoms with Crippen molar-refractivity contribution in [3.8, 4) is 5.75 Å². The van der Waals surface area contributed by atoms with Gasteiger partial charge in [0.1, 0.15) is 11.6 Å². The van der Waals surface area contributed by atoms with E-state index in [2.05, 4.69) is 0 Å². The first-order valence-corrected chi connectivity index (χ1v) is 6.67. The second-order valence-electron chi connectivity index (χ2n) is 5.07. The lowest BCUT2D eigenvalue weighted by Gasteiger charge is -2.19. The number of benzene rings is 2. The van der Waals surface area contributed by atoms with Crippen molar-refractivity contribution in [1.82, 2.24) is 0 Å². The first kappa shape index (κ1) is 14.5. The maximum absolute atomic E-state index is 13.2. The van der Waals surface area contributed by atoms with Crippen LogP contribution in [0.4, 0.5) is 4.39 Å². The molecule has 0 aliphatic heterocycles. The molecule has 2 nitrogen and oxygen atoms in total. The second kappa shape index (κ2) is 6.06. The lowest BCUT2D eigenvalue weighted by molar-refractivity contribution is 0.402. The molecule has 0 saturated heterocycles. The first-order chi connectivity index (χ1) is 9.52. The standard InChI is InChI=1S/C17H20FNO/c1-11-7-8-15(17(20-3)12(11)2)16(19)10-13-5-4-6-14(18)9-13/h4-9,16H,10,19H2,1-3H3. The normalized spacial score (nSPS) is 12.2. The van der Waals surface area contributed by atoms with Crippen LogP contribution in [0.3, 0.4) is 0 Å². The van der Waals surface area contributed by atoms with Gasteiger partial charge >= 0.3 is 0 Å². The molecular weight excluding hydrogens is 253 g/mol.